The Labute approximate surface area is 205 Å². The molecule has 0 spiro atoms. The van der Waals surface area contributed by atoms with E-state index in [9.17, 15) is 9.59 Å². The number of amides is 2. The van der Waals surface area contributed by atoms with E-state index in [2.05, 4.69) is 15.2 Å². The summed E-state index contributed by atoms with van der Waals surface area (Å²) in [6.07, 6.45) is 5.14. The molecule has 2 aliphatic rings. The highest BCUT2D eigenvalue weighted by Gasteiger charge is 2.27. The molecule has 0 aliphatic carbocycles. The highest BCUT2D eigenvalue weighted by atomic mass is 16.5. The molecule has 35 heavy (non-hydrogen) atoms. The number of hydrogen-bond acceptors (Lipinski definition) is 7. The summed E-state index contributed by atoms with van der Waals surface area (Å²) < 4.78 is 15.9. The van der Waals surface area contributed by atoms with Crippen molar-refractivity contribution in [1.29, 1.82) is 0 Å². The average molecular weight is 481 g/mol. The lowest BCUT2D eigenvalue weighted by Gasteiger charge is -2.33. The molecule has 0 bridgehead atoms. The normalized spacial score (nSPS) is 15.6. The van der Waals surface area contributed by atoms with E-state index in [1.165, 1.54) is 18.9 Å². The highest BCUT2D eigenvalue weighted by molar-refractivity contribution is 5.94. The van der Waals surface area contributed by atoms with Gasteiger partial charge >= 0.3 is 0 Å². The van der Waals surface area contributed by atoms with Crippen LogP contribution in [0.1, 0.15) is 27.9 Å². The fourth-order valence-corrected chi connectivity index (χ4v) is 4.48. The number of aromatic nitrogens is 1. The molecule has 1 aromatic heterocycles. The van der Waals surface area contributed by atoms with Gasteiger partial charge in [0.2, 0.25) is 5.88 Å². The summed E-state index contributed by atoms with van der Waals surface area (Å²) in [4.78, 5) is 33.8. The lowest BCUT2D eigenvalue weighted by atomic mass is 9.97. The monoisotopic (exact) mass is 480 g/mol. The van der Waals surface area contributed by atoms with Gasteiger partial charge in [-0.05, 0) is 42.2 Å². The molecule has 2 aliphatic heterocycles. The Morgan fingerprint density at radius 1 is 1.00 bits per heavy atom. The zero-order valence-corrected chi connectivity index (χ0v) is 20.5. The van der Waals surface area contributed by atoms with Gasteiger partial charge in [0.15, 0.2) is 11.5 Å². The molecule has 2 aromatic rings. The standard InChI is InChI=1S/C26H32N4O5/c1-33-22-13-18-8-11-30(17-21(18)14-23(22)34-2)26(32)20-5-4-10-29(16-20)12-9-27-25(31)19-6-7-24(35-3)28-15-19/h5-7,13-15H,4,8-12,16-17H2,1-3H3,(H,27,31). The smallest absolute Gasteiger partial charge is 0.252 e. The van der Waals surface area contributed by atoms with Crippen LogP contribution in [0.3, 0.4) is 0 Å². The van der Waals surface area contributed by atoms with E-state index in [0.29, 0.717) is 55.7 Å². The maximum absolute atomic E-state index is 13.3. The molecule has 186 valence electrons. The molecule has 0 saturated heterocycles. The lowest BCUT2D eigenvalue weighted by molar-refractivity contribution is -0.128. The molecule has 0 saturated carbocycles. The summed E-state index contributed by atoms with van der Waals surface area (Å²) in [5, 5.41) is 2.92. The van der Waals surface area contributed by atoms with Gasteiger partial charge in [0.25, 0.3) is 11.8 Å². The van der Waals surface area contributed by atoms with E-state index >= 15 is 0 Å². The van der Waals surface area contributed by atoms with Crippen LogP contribution in [-0.2, 0) is 17.8 Å². The van der Waals surface area contributed by atoms with E-state index < -0.39 is 0 Å². The number of methoxy groups -OCH3 is 3. The molecule has 1 aromatic carbocycles. The molecular formula is C26H32N4O5. The zero-order valence-electron chi connectivity index (χ0n) is 20.5. The van der Waals surface area contributed by atoms with E-state index in [0.717, 1.165) is 30.5 Å². The van der Waals surface area contributed by atoms with Crippen LogP contribution in [-0.4, -0.2) is 80.7 Å². The van der Waals surface area contributed by atoms with Crippen LogP contribution in [0.4, 0.5) is 0 Å². The minimum absolute atomic E-state index is 0.0727. The van der Waals surface area contributed by atoms with Gasteiger partial charge in [-0.1, -0.05) is 6.08 Å². The Hall–Kier alpha value is -3.59. The first-order valence-corrected chi connectivity index (χ1v) is 11.7. The van der Waals surface area contributed by atoms with Crippen molar-refractivity contribution in [2.24, 2.45) is 0 Å². The summed E-state index contributed by atoms with van der Waals surface area (Å²) in [7, 11) is 4.78. The maximum Gasteiger partial charge on any atom is 0.252 e. The van der Waals surface area contributed by atoms with Crippen LogP contribution in [0, 0.1) is 0 Å². The molecule has 1 N–H and O–H groups in total. The van der Waals surface area contributed by atoms with Crippen LogP contribution in [0.15, 0.2) is 42.1 Å². The van der Waals surface area contributed by atoms with Gasteiger partial charge in [-0.15, -0.1) is 0 Å². The highest BCUT2D eigenvalue weighted by Crippen LogP contribution is 2.33. The SMILES string of the molecule is COc1ccc(C(=O)NCCN2CCC=C(C(=O)N3CCc4cc(OC)c(OC)cc4C3)C2)cn1. The van der Waals surface area contributed by atoms with Gasteiger partial charge in [0.05, 0.1) is 26.9 Å². The Bertz CT molecular complexity index is 1100. The summed E-state index contributed by atoms with van der Waals surface area (Å²) in [6, 6.07) is 7.32. The van der Waals surface area contributed by atoms with Gasteiger partial charge in [-0.25, -0.2) is 4.98 Å². The quantitative estimate of drug-likeness (QED) is 0.618. The number of ether oxygens (including phenoxy) is 3. The number of carbonyl (C=O) groups is 2. The van der Waals surface area contributed by atoms with Crippen molar-refractivity contribution in [3.8, 4) is 17.4 Å². The topological polar surface area (TPSA) is 93.2 Å². The lowest BCUT2D eigenvalue weighted by Crippen LogP contribution is -2.43. The van der Waals surface area contributed by atoms with Crippen molar-refractivity contribution in [3.63, 3.8) is 0 Å². The van der Waals surface area contributed by atoms with Crippen molar-refractivity contribution < 1.29 is 23.8 Å². The molecule has 3 heterocycles. The first kappa shape index (κ1) is 24.5. The minimum Gasteiger partial charge on any atom is -0.493 e. The van der Waals surface area contributed by atoms with Crippen molar-refractivity contribution in [2.75, 3.05) is 54.1 Å². The van der Waals surface area contributed by atoms with Crippen LogP contribution in [0.2, 0.25) is 0 Å². The van der Waals surface area contributed by atoms with Crippen molar-refractivity contribution in [1.82, 2.24) is 20.1 Å². The second-order valence-electron chi connectivity index (χ2n) is 8.59. The fraction of sp³-hybridized carbons (Fsp3) is 0.423. The molecule has 9 nitrogen and oxygen atoms in total. The summed E-state index contributed by atoms with van der Waals surface area (Å²) in [5.74, 6) is 1.75. The summed E-state index contributed by atoms with van der Waals surface area (Å²) in [6.45, 7) is 3.82. The van der Waals surface area contributed by atoms with Gasteiger partial charge in [0.1, 0.15) is 0 Å². The third-order valence-electron chi connectivity index (χ3n) is 6.43. The predicted octanol–water partition coefficient (Wildman–Crippen LogP) is 2.05. The van der Waals surface area contributed by atoms with Crippen LogP contribution >= 0.6 is 0 Å². The third-order valence-corrected chi connectivity index (χ3v) is 6.43. The first-order valence-electron chi connectivity index (χ1n) is 11.7. The second kappa shape index (κ2) is 11.2. The van der Waals surface area contributed by atoms with Gasteiger partial charge in [-0.2, -0.15) is 0 Å². The number of rotatable bonds is 8. The first-order chi connectivity index (χ1) is 17.0. The van der Waals surface area contributed by atoms with Crippen molar-refractivity contribution in [3.05, 3.63) is 58.8 Å². The van der Waals surface area contributed by atoms with E-state index in [-0.39, 0.29) is 11.8 Å². The number of pyridine rings is 1. The predicted molar refractivity (Wildman–Crippen MR) is 131 cm³/mol. The average Bonchev–Trinajstić information content (AvgIpc) is 2.91. The Balaban J connectivity index is 1.30. The molecule has 2 amide bonds. The van der Waals surface area contributed by atoms with Crippen molar-refractivity contribution in [2.45, 2.75) is 19.4 Å². The Morgan fingerprint density at radius 2 is 1.77 bits per heavy atom. The number of hydrogen-bond donors (Lipinski definition) is 1. The van der Waals surface area contributed by atoms with Crippen molar-refractivity contribution >= 4 is 11.8 Å². The minimum atomic E-state index is -0.178. The van der Waals surface area contributed by atoms with Gasteiger partial charge in [-0.3, -0.25) is 14.5 Å². The molecule has 0 atom stereocenters. The van der Waals surface area contributed by atoms with Crippen LogP contribution in [0.25, 0.3) is 0 Å². The number of nitrogens with one attached hydrogen (secondary N) is 1. The zero-order chi connectivity index (χ0) is 24.8. The molecular weight excluding hydrogens is 448 g/mol. The number of carbonyl (C=O) groups excluding carboxylic acids is 2. The molecule has 0 radical (unpaired) electrons. The fourth-order valence-electron chi connectivity index (χ4n) is 4.48. The second-order valence-corrected chi connectivity index (χ2v) is 8.59. The Kier molecular flexibility index (Phi) is 7.87. The van der Waals surface area contributed by atoms with Gasteiger partial charge < -0.3 is 24.4 Å². The maximum atomic E-state index is 13.3. The van der Waals surface area contributed by atoms with Crippen LogP contribution < -0.4 is 19.5 Å². The molecule has 0 fully saturated rings. The number of fused-ring (bicyclic) bond motifs is 1. The largest absolute Gasteiger partial charge is 0.493 e. The van der Waals surface area contributed by atoms with Gasteiger partial charge in [0, 0.05) is 57.1 Å². The van der Waals surface area contributed by atoms with Crippen LogP contribution in [0.5, 0.6) is 17.4 Å². The van der Waals surface area contributed by atoms with E-state index in [1.54, 1.807) is 26.4 Å². The molecule has 9 heteroatoms. The van der Waals surface area contributed by atoms with E-state index in [4.69, 9.17) is 14.2 Å². The summed E-state index contributed by atoms with van der Waals surface area (Å²) in [5.41, 5.74) is 3.57. The number of benzene rings is 1. The third kappa shape index (κ3) is 5.74. The summed E-state index contributed by atoms with van der Waals surface area (Å²) >= 11 is 0. The number of nitrogens with zero attached hydrogens (tertiary/aromatic N) is 3. The molecule has 4 rings (SSSR count). The van der Waals surface area contributed by atoms with E-state index in [1.807, 2.05) is 23.1 Å². The Morgan fingerprint density at radius 3 is 2.46 bits per heavy atom. The molecule has 0 unspecified atom stereocenters.